The first-order valence-corrected chi connectivity index (χ1v) is 8.57. The minimum absolute atomic E-state index is 0.395. The van der Waals surface area contributed by atoms with Crippen LogP contribution in [0, 0.1) is 9.39 Å². The molecule has 2 aromatic rings. The van der Waals surface area contributed by atoms with E-state index in [1.165, 1.54) is 18.2 Å². The lowest BCUT2D eigenvalue weighted by molar-refractivity contribution is 0.483. The Balaban J connectivity index is 2.30. The molecule has 2 aromatic carbocycles. The zero-order chi connectivity index (χ0) is 12.9. The summed E-state index contributed by atoms with van der Waals surface area (Å²) in [7, 11) is -2.79. The van der Waals surface area contributed by atoms with E-state index >= 15 is 0 Å². The molecular weight excluding hydrogens is 365 g/mol. The second-order valence-electron chi connectivity index (χ2n) is 4.25. The minimum Gasteiger partial charge on any atom is -0.456 e. The van der Waals surface area contributed by atoms with Crippen LogP contribution in [0.25, 0.3) is 0 Å². The maximum atomic E-state index is 13.3. The summed E-state index contributed by atoms with van der Waals surface area (Å²) in [6, 6.07) is 9.69. The summed E-state index contributed by atoms with van der Waals surface area (Å²) in [4.78, 5) is 0. The van der Waals surface area contributed by atoms with Crippen molar-refractivity contribution in [3.8, 4) is 11.5 Å². The quantitative estimate of drug-likeness (QED) is 0.522. The summed E-state index contributed by atoms with van der Waals surface area (Å²) in [5, 5.41) is 1.12. The number of benzene rings is 2. The number of hydrogen-bond acceptors (Lipinski definition) is 2. The summed E-state index contributed by atoms with van der Waals surface area (Å²) >= 11 is 2.16. The highest BCUT2D eigenvalue weighted by atomic mass is 127. The fourth-order valence-electron chi connectivity index (χ4n) is 2.07. The molecule has 92 valence electrons. The van der Waals surface area contributed by atoms with E-state index in [0.29, 0.717) is 22.1 Å². The van der Waals surface area contributed by atoms with Crippen LogP contribution in [0.5, 0.6) is 11.5 Å². The molecule has 0 spiro atoms. The average molecular weight is 374 g/mol. The molecule has 5 heteroatoms. The second kappa shape index (κ2) is 4.07. The van der Waals surface area contributed by atoms with Crippen LogP contribution in [0.4, 0.5) is 4.39 Å². The van der Waals surface area contributed by atoms with Gasteiger partial charge in [-0.3, -0.25) is 0 Å². The van der Waals surface area contributed by atoms with Crippen LogP contribution >= 0.6 is 29.7 Å². The van der Waals surface area contributed by atoms with Gasteiger partial charge in [0, 0.05) is 3.57 Å². The van der Waals surface area contributed by atoms with Gasteiger partial charge in [-0.15, -0.1) is 0 Å². The molecule has 1 aliphatic heterocycles. The smallest absolute Gasteiger partial charge is 0.147 e. The van der Waals surface area contributed by atoms with E-state index in [0.717, 1.165) is 3.57 Å². The molecule has 0 saturated carbocycles. The molecule has 0 aliphatic carbocycles. The lowest BCUT2D eigenvalue weighted by Gasteiger charge is -2.26. The maximum Gasteiger partial charge on any atom is 0.147 e. The molecule has 0 saturated heterocycles. The summed E-state index contributed by atoms with van der Waals surface area (Å²) in [6.45, 7) is 1.66. The zero-order valence-electron chi connectivity index (χ0n) is 9.48. The predicted molar refractivity (Wildman–Crippen MR) is 78.4 cm³/mol. The Kier molecular flexibility index (Phi) is 2.75. The third-order valence-electron chi connectivity index (χ3n) is 2.98. The Bertz CT molecular complexity index is 644. The molecule has 0 bridgehead atoms. The first kappa shape index (κ1) is 12.2. The fourth-order valence-corrected chi connectivity index (χ4v) is 4.90. The normalized spacial score (nSPS) is 20.8. The lowest BCUT2D eigenvalue weighted by atomic mass is 10.3. The Labute approximate surface area is 118 Å². The van der Waals surface area contributed by atoms with Gasteiger partial charge in [-0.25, -0.2) is 4.39 Å². The number of fused-ring (bicyclic) bond motifs is 2. The van der Waals surface area contributed by atoms with Gasteiger partial charge in [-0.05, 0) is 65.7 Å². The monoisotopic (exact) mass is 374 g/mol. The Morgan fingerprint density at radius 3 is 2.44 bits per heavy atom. The highest BCUT2D eigenvalue weighted by Gasteiger charge is 2.33. The number of hydrogen-bond donors (Lipinski definition) is 0. The third-order valence-corrected chi connectivity index (χ3v) is 6.19. The van der Waals surface area contributed by atoms with Crippen LogP contribution in [-0.4, -0.2) is 6.66 Å². The molecule has 0 amide bonds. The van der Waals surface area contributed by atoms with Crippen LogP contribution in [0.1, 0.15) is 0 Å². The van der Waals surface area contributed by atoms with Gasteiger partial charge in [0.05, 0.1) is 10.6 Å². The molecule has 2 nitrogen and oxygen atoms in total. The van der Waals surface area contributed by atoms with Crippen molar-refractivity contribution in [2.45, 2.75) is 0 Å². The van der Waals surface area contributed by atoms with Crippen molar-refractivity contribution >= 4 is 40.3 Å². The van der Waals surface area contributed by atoms with Gasteiger partial charge in [0.15, 0.2) is 0 Å². The highest BCUT2D eigenvalue weighted by molar-refractivity contribution is 14.1. The van der Waals surface area contributed by atoms with Crippen LogP contribution in [0.3, 0.4) is 0 Å². The average Bonchev–Trinajstić information content (AvgIpc) is 2.32. The lowest BCUT2D eigenvalue weighted by Crippen LogP contribution is -2.24. The van der Waals surface area contributed by atoms with E-state index in [4.69, 9.17) is 4.74 Å². The molecule has 1 atom stereocenters. The molecule has 18 heavy (non-hydrogen) atoms. The topological polar surface area (TPSA) is 26.3 Å². The molecule has 0 aromatic heterocycles. The summed E-state index contributed by atoms with van der Waals surface area (Å²) in [5.41, 5.74) is 0. The summed E-state index contributed by atoms with van der Waals surface area (Å²) < 4.78 is 32.9. The summed E-state index contributed by atoms with van der Waals surface area (Å²) in [5.74, 6) is 0.685. The predicted octanol–water partition coefficient (Wildman–Crippen LogP) is 3.48. The van der Waals surface area contributed by atoms with Gasteiger partial charge >= 0.3 is 0 Å². The van der Waals surface area contributed by atoms with Gasteiger partial charge in [-0.1, -0.05) is 0 Å². The number of halogens is 2. The Hall–Kier alpha value is -0.870. The van der Waals surface area contributed by atoms with Crippen LogP contribution in [0.15, 0.2) is 36.4 Å². The first-order chi connectivity index (χ1) is 8.48. The van der Waals surface area contributed by atoms with Crippen molar-refractivity contribution in [2.24, 2.45) is 0 Å². The second-order valence-corrected chi connectivity index (χ2v) is 8.31. The molecule has 0 radical (unpaired) electrons. The standard InChI is InChI=1S/C13H9FIO2P/c1-18(16)12-6-8(14)2-4-10(12)17-11-5-3-9(15)7-13(11)18/h2-7H,1H3. The van der Waals surface area contributed by atoms with E-state index in [2.05, 4.69) is 22.6 Å². The van der Waals surface area contributed by atoms with Crippen molar-refractivity contribution in [3.05, 3.63) is 45.8 Å². The highest BCUT2D eigenvalue weighted by Crippen LogP contribution is 2.49. The molecular formula is C13H9FIO2P. The Morgan fingerprint density at radius 1 is 1.11 bits per heavy atom. The first-order valence-electron chi connectivity index (χ1n) is 5.34. The minimum atomic E-state index is -2.79. The van der Waals surface area contributed by atoms with Gasteiger partial charge < -0.3 is 9.30 Å². The SMILES string of the molecule is CP1(=O)c2cc(F)ccc2Oc2ccc(I)cc21. The molecule has 1 heterocycles. The number of rotatable bonds is 0. The van der Waals surface area contributed by atoms with E-state index in [1.807, 2.05) is 12.1 Å². The third kappa shape index (κ3) is 1.79. The largest absolute Gasteiger partial charge is 0.456 e. The van der Waals surface area contributed by atoms with Crippen molar-refractivity contribution in [2.75, 3.05) is 6.66 Å². The van der Waals surface area contributed by atoms with E-state index in [-0.39, 0.29) is 0 Å². The fraction of sp³-hybridized carbons (Fsp3) is 0.0769. The van der Waals surface area contributed by atoms with Gasteiger partial charge in [0.1, 0.15) is 24.5 Å². The zero-order valence-corrected chi connectivity index (χ0v) is 12.5. The van der Waals surface area contributed by atoms with Crippen molar-refractivity contribution in [3.63, 3.8) is 0 Å². The Morgan fingerprint density at radius 2 is 1.72 bits per heavy atom. The number of ether oxygens (including phenoxy) is 1. The van der Waals surface area contributed by atoms with E-state index in [1.54, 1.807) is 12.7 Å². The summed E-state index contributed by atoms with van der Waals surface area (Å²) in [6.07, 6.45) is 0. The van der Waals surface area contributed by atoms with Crippen molar-refractivity contribution in [1.82, 2.24) is 0 Å². The van der Waals surface area contributed by atoms with Gasteiger partial charge in [0.25, 0.3) is 0 Å². The van der Waals surface area contributed by atoms with Gasteiger partial charge in [-0.2, -0.15) is 0 Å². The van der Waals surface area contributed by atoms with E-state index < -0.39 is 13.0 Å². The van der Waals surface area contributed by atoms with Gasteiger partial charge in [0.2, 0.25) is 0 Å². The van der Waals surface area contributed by atoms with Crippen molar-refractivity contribution < 1.29 is 13.7 Å². The van der Waals surface area contributed by atoms with E-state index in [9.17, 15) is 8.96 Å². The van der Waals surface area contributed by atoms with Crippen LogP contribution in [0.2, 0.25) is 0 Å². The molecule has 1 aliphatic rings. The van der Waals surface area contributed by atoms with Crippen LogP contribution < -0.4 is 15.3 Å². The van der Waals surface area contributed by atoms with Crippen LogP contribution in [-0.2, 0) is 4.57 Å². The molecule has 3 rings (SSSR count). The molecule has 0 fully saturated rings. The maximum absolute atomic E-state index is 13.3. The molecule has 0 N–H and O–H groups in total. The molecule has 1 unspecified atom stereocenters. The van der Waals surface area contributed by atoms with Crippen molar-refractivity contribution in [1.29, 1.82) is 0 Å².